The van der Waals surface area contributed by atoms with Gasteiger partial charge < -0.3 is 5.11 Å². The molecule has 1 aromatic heterocycles. The van der Waals surface area contributed by atoms with Crippen LogP contribution in [0.2, 0.25) is 0 Å². The van der Waals surface area contributed by atoms with Gasteiger partial charge in [-0.25, -0.2) is 0 Å². The molecule has 2 nitrogen and oxygen atoms in total. The Balaban J connectivity index is 2.24. The van der Waals surface area contributed by atoms with E-state index in [0.717, 1.165) is 21.9 Å². The molecule has 0 amide bonds. The van der Waals surface area contributed by atoms with Crippen LogP contribution in [0.1, 0.15) is 18.1 Å². The number of rotatable bonds is 2. The fourth-order valence-electron chi connectivity index (χ4n) is 2.42. The number of aliphatic hydroxyl groups is 1. The van der Waals surface area contributed by atoms with Gasteiger partial charge in [0.1, 0.15) is 5.60 Å². The van der Waals surface area contributed by atoms with Crippen molar-refractivity contribution >= 4 is 10.8 Å². The average molecular weight is 249 g/mol. The second kappa shape index (κ2) is 4.48. The predicted octanol–water partition coefficient (Wildman–Crippen LogP) is 3.49. The van der Waals surface area contributed by atoms with Crippen LogP contribution in [0.3, 0.4) is 0 Å². The van der Waals surface area contributed by atoms with Gasteiger partial charge in [-0.2, -0.15) is 0 Å². The van der Waals surface area contributed by atoms with E-state index in [0.29, 0.717) is 0 Å². The van der Waals surface area contributed by atoms with Crippen LogP contribution >= 0.6 is 0 Å². The summed E-state index contributed by atoms with van der Waals surface area (Å²) in [4.78, 5) is 4.24. The van der Waals surface area contributed by atoms with Crippen molar-refractivity contribution in [3.05, 3.63) is 78.1 Å². The van der Waals surface area contributed by atoms with Crippen LogP contribution in [0.5, 0.6) is 0 Å². The van der Waals surface area contributed by atoms with Crippen molar-refractivity contribution in [2.45, 2.75) is 12.5 Å². The molecule has 2 heteroatoms. The standard InChI is InChI=1S/C17H15NO/c1-17(19,14-8-3-2-4-9-14)16-12-18-11-13-7-5-6-10-15(13)16/h2-12,19H,1H3. The van der Waals surface area contributed by atoms with Crippen LogP contribution in [0, 0.1) is 0 Å². The first-order valence-electron chi connectivity index (χ1n) is 6.31. The molecule has 0 saturated heterocycles. The zero-order valence-electron chi connectivity index (χ0n) is 10.7. The molecule has 2 aromatic carbocycles. The SMILES string of the molecule is CC(O)(c1ccccc1)c1cncc2ccccc12. The molecule has 3 rings (SSSR count). The van der Waals surface area contributed by atoms with E-state index in [1.54, 1.807) is 6.20 Å². The molecular weight excluding hydrogens is 234 g/mol. The third-order valence-corrected chi connectivity index (χ3v) is 3.53. The Bertz CT molecular complexity index is 699. The third kappa shape index (κ3) is 2.00. The predicted molar refractivity (Wildman–Crippen MR) is 76.9 cm³/mol. The van der Waals surface area contributed by atoms with E-state index in [9.17, 15) is 5.11 Å². The Morgan fingerprint density at radius 3 is 2.37 bits per heavy atom. The quantitative estimate of drug-likeness (QED) is 0.754. The fraction of sp³-hybridized carbons (Fsp3) is 0.118. The van der Waals surface area contributed by atoms with Gasteiger partial charge in [0.25, 0.3) is 0 Å². The Morgan fingerprint density at radius 1 is 0.895 bits per heavy atom. The lowest BCUT2D eigenvalue weighted by Crippen LogP contribution is -2.23. The second-order valence-corrected chi connectivity index (χ2v) is 4.85. The van der Waals surface area contributed by atoms with Crippen molar-refractivity contribution in [1.82, 2.24) is 4.98 Å². The molecule has 0 spiro atoms. The minimum Gasteiger partial charge on any atom is -0.381 e. The van der Waals surface area contributed by atoms with E-state index < -0.39 is 5.60 Å². The fourth-order valence-corrected chi connectivity index (χ4v) is 2.42. The monoisotopic (exact) mass is 249 g/mol. The van der Waals surface area contributed by atoms with Gasteiger partial charge in [-0.15, -0.1) is 0 Å². The van der Waals surface area contributed by atoms with E-state index in [1.807, 2.05) is 67.7 Å². The summed E-state index contributed by atoms with van der Waals surface area (Å²) in [5.74, 6) is 0. The van der Waals surface area contributed by atoms with Gasteiger partial charge >= 0.3 is 0 Å². The molecular formula is C17H15NO. The zero-order valence-corrected chi connectivity index (χ0v) is 10.7. The van der Waals surface area contributed by atoms with Crippen molar-refractivity contribution in [3.63, 3.8) is 0 Å². The maximum atomic E-state index is 10.9. The summed E-state index contributed by atoms with van der Waals surface area (Å²) < 4.78 is 0. The summed E-state index contributed by atoms with van der Waals surface area (Å²) in [5.41, 5.74) is 0.653. The molecule has 0 aliphatic carbocycles. The highest BCUT2D eigenvalue weighted by Crippen LogP contribution is 2.33. The second-order valence-electron chi connectivity index (χ2n) is 4.85. The van der Waals surface area contributed by atoms with Crippen LogP contribution in [0.15, 0.2) is 67.0 Å². The first kappa shape index (κ1) is 11.9. The van der Waals surface area contributed by atoms with Crippen LogP contribution in [-0.2, 0) is 5.60 Å². The van der Waals surface area contributed by atoms with Gasteiger partial charge in [0.2, 0.25) is 0 Å². The Labute approximate surface area is 112 Å². The molecule has 3 aromatic rings. The highest BCUT2D eigenvalue weighted by atomic mass is 16.3. The zero-order chi connectivity index (χ0) is 13.3. The lowest BCUT2D eigenvalue weighted by molar-refractivity contribution is 0.103. The maximum Gasteiger partial charge on any atom is 0.114 e. The molecule has 1 N–H and O–H groups in total. The highest BCUT2D eigenvalue weighted by Gasteiger charge is 2.27. The van der Waals surface area contributed by atoms with Gasteiger partial charge in [-0.1, -0.05) is 54.6 Å². The Hall–Kier alpha value is -2.19. The number of fused-ring (bicyclic) bond motifs is 1. The van der Waals surface area contributed by atoms with E-state index in [1.165, 1.54) is 0 Å². The van der Waals surface area contributed by atoms with Crippen molar-refractivity contribution < 1.29 is 5.11 Å². The van der Waals surface area contributed by atoms with E-state index in [2.05, 4.69) is 4.98 Å². The topological polar surface area (TPSA) is 33.1 Å². The number of hydrogen-bond acceptors (Lipinski definition) is 2. The van der Waals surface area contributed by atoms with E-state index in [-0.39, 0.29) is 0 Å². The smallest absolute Gasteiger partial charge is 0.114 e. The molecule has 0 fully saturated rings. The summed E-state index contributed by atoms with van der Waals surface area (Å²) in [6.45, 7) is 1.81. The van der Waals surface area contributed by atoms with Gasteiger partial charge in [0.15, 0.2) is 0 Å². The van der Waals surface area contributed by atoms with E-state index in [4.69, 9.17) is 0 Å². The average Bonchev–Trinajstić information content (AvgIpc) is 2.47. The first-order chi connectivity index (χ1) is 9.19. The van der Waals surface area contributed by atoms with Crippen molar-refractivity contribution in [2.24, 2.45) is 0 Å². The number of pyridine rings is 1. The lowest BCUT2D eigenvalue weighted by Gasteiger charge is -2.25. The Kier molecular flexibility index (Phi) is 2.80. The van der Waals surface area contributed by atoms with Crippen LogP contribution in [0.4, 0.5) is 0 Å². The molecule has 19 heavy (non-hydrogen) atoms. The van der Waals surface area contributed by atoms with Crippen LogP contribution in [-0.4, -0.2) is 10.1 Å². The summed E-state index contributed by atoms with van der Waals surface area (Å²) in [6.07, 6.45) is 3.56. The highest BCUT2D eigenvalue weighted by molar-refractivity contribution is 5.85. The number of hydrogen-bond donors (Lipinski definition) is 1. The minimum atomic E-state index is -1.05. The molecule has 1 unspecified atom stereocenters. The molecule has 0 saturated carbocycles. The molecule has 0 aliphatic rings. The molecule has 0 radical (unpaired) electrons. The summed E-state index contributed by atoms with van der Waals surface area (Å²) >= 11 is 0. The Morgan fingerprint density at radius 2 is 1.58 bits per heavy atom. The number of nitrogens with zero attached hydrogens (tertiary/aromatic N) is 1. The van der Waals surface area contributed by atoms with Crippen LogP contribution in [0.25, 0.3) is 10.8 Å². The summed E-state index contributed by atoms with van der Waals surface area (Å²) in [6, 6.07) is 17.7. The van der Waals surface area contributed by atoms with Gasteiger partial charge in [0, 0.05) is 23.3 Å². The van der Waals surface area contributed by atoms with Gasteiger partial charge in [0.05, 0.1) is 0 Å². The van der Waals surface area contributed by atoms with Crippen molar-refractivity contribution in [1.29, 1.82) is 0 Å². The van der Waals surface area contributed by atoms with Gasteiger partial charge in [-0.3, -0.25) is 4.98 Å². The number of aromatic nitrogens is 1. The van der Waals surface area contributed by atoms with Gasteiger partial charge in [-0.05, 0) is 17.9 Å². The molecule has 94 valence electrons. The van der Waals surface area contributed by atoms with E-state index >= 15 is 0 Å². The normalized spacial score (nSPS) is 14.2. The molecule has 1 atom stereocenters. The minimum absolute atomic E-state index is 0.830. The van der Waals surface area contributed by atoms with Crippen molar-refractivity contribution in [2.75, 3.05) is 0 Å². The van der Waals surface area contributed by atoms with Crippen LogP contribution < -0.4 is 0 Å². The summed E-state index contributed by atoms with van der Waals surface area (Å²) in [7, 11) is 0. The molecule has 0 aliphatic heterocycles. The molecule has 0 bridgehead atoms. The largest absolute Gasteiger partial charge is 0.381 e. The number of benzene rings is 2. The molecule has 1 heterocycles. The first-order valence-corrected chi connectivity index (χ1v) is 6.31. The summed E-state index contributed by atoms with van der Waals surface area (Å²) in [5, 5.41) is 13.0. The van der Waals surface area contributed by atoms with Crippen molar-refractivity contribution in [3.8, 4) is 0 Å². The third-order valence-electron chi connectivity index (χ3n) is 3.53. The lowest BCUT2D eigenvalue weighted by atomic mass is 9.86. The maximum absolute atomic E-state index is 10.9.